The summed E-state index contributed by atoms with van der Waals surface area (Å²) in [6.45, 7) is 7.42. The van der Waals surface area contributed by atoms with E-state index in [1.165, 1.54) is 6.20 Å². The van der Waals surface area contributed by atoms with Gasteiger partial charge in [-0.1, -0.05) is 6.07 Å². The van der Waals surface area contributed by atoms with Gasteiger partial charge in [-0.05, 0) is 31.5 Å². The van der Waals surface area contributed by atoms with E-state index < -0.39 is 11.9 Å². The van der Waals surface area contributed by atoms with Crippen LogP contribution >= 0.6 is 0 Å². The molecule has 0 saturated carbocycles. The lowest BCUT2D eigenvalue weighted by Gasteiger charge is -2.30. The quantitative estimate of drug-likeness (QED) is 0.307. The summed E-state index contributed by atoms with van der Waals surface area (Å²) < 4.78 is 15.3. The lowest BCUT2D eigenvalue weighted by Crippen LogP contribution is -2.37. The van der Waals surface area contributed by atoms with E-state index in [2.05, 4.69) is 10.2 Å². The molecule has 1 saturated heterocycles. The molecule has 2 heterocycles. The molecule has 2 aliphatic heterocycles. The van der Waals surface area contributed by atoms with Gasteiger partial charge < -0.3 is 24.4 Å². The number of ether oxygens (including phenoxy) is 3. The summed E-state index contributed by atoms with van der Waals surface area (Å²) >= 11 is 0. The number of benzene rings is 1. The molecule has 0 spiro atoms. The summed E-state index contributed by atoms with van der Waals surface area (Å²) in [4.78, 5) is 40.7. The third kappa shape index (κ3) is 5.37. The van der Waals surface area contributed by atoms with Gasteiger partial charge in [-0.3, -0.25) is 9.69 Å². The average molecular weight is 417 g/mol. The van der Waals surface area contributed by atoms with Crippen LogP contribution in [0.3, 0.4) is 0 Å². The number of nitrogens with zero attached hydrogens (tertiary/aromatic N) is 2. The van der Waals surface area contributed by atoms with Gasteiger partial charge in [0, 0.05) is 25.8 Å². The fraction of sp³-hybridized carbons (Fsp3) is 0.476. The molecule has 30 heavy (non-hydrogen) atoms. The molecule has 0 radical (unpaired) electrons. The lowest BCUT2D eigenvalue weighted by molar-refractivity contribution is -0.146. The number of rotatable bonds is 7. The van der Waals surface area contributed by atoms with Crippen LogP contribution in [-0.2, 0) is 35.1 Å². The minimum Gasteiger partial charge on any atom is -0.462 e. The predicted octanol–water partition coefficient (Wildman–Crippen LogP) is 1.29. The van der Waals surface area contributed by atoms with E-state index in [9.17, 15) is 14.4 Å². The summed E-state index contributed by atoms with van der Waals surface area (Å²) in [5, 5.41) is 2.86. The maximum Gasteiger partial charge on any atom is 0.347 e. The van der Waals surface area contributed by atoms with Crippen LogP contribution < -0.4 is 10.2 Å². The monoisotopic (exact) mass is 417 g/mol. The number of nitrogens with one attached hydrogen (secondary N) is 1. The highest BCUT2D eigenvalue weighted by atomic mass is 16.6. The fourth-order valence-electron chi connectivity index (χ4n) is 3.36. The summed E-state index contributed by atoms with van der Waals surface area (Å²) in [5.41, 5.74) is 2.11. The van der Waals surface area contributed by atoms with Crippen LogP contribution in [0.4, 0.5) is 11.4 Å². The van der Waals surface area contributed by atoms with Crippen molar-refractivity contribution in [3.8, 4) is 0 Å². The average Bonchev–Trinajstić information content (AvgIpc) is 2.72. The second kappa shape index (κ2) is 10.2. The van der Waals surface area contributed by atoms with E-state index in [-0.39, 0.29) is 31.2 Å². The third-order valence-electron chi connectivity index (χ3n) is 4.74. The first-order valence-electron chi connectivity index (χ1n) is 10.1. The molecule has 0 unspecified atom stereocenters. The van der Waals surface area contributed by atoms with Crippen molar-refractivity contribution in [1.29, 1.82) is 0 Å². The standard InChI is InChI=1S/C21H27N3O6/c1-3-29-20(26)16(21(27)30-4-2)13-24-14-19(25)22-17-11-15(5-6-18(17)24)12-23-7-9-28-10-8-23/h5-6,11,13H,3-4,7-10,12,14H2,1-2H3,(H,22,25). The minimum atomic E-state index is -0.785. The van der Waals surface area contributed by atoms with Crippen molar-refractivity contribution in [1.82, 2.24) is 4.90 Å². The number of fused-ring (bicyclic) bond motifs is 1. The molecule has 0 aromatic heterocycles. The van der Waals surface area contributed by atoms with E-state index in [0.29, 0.717) is 24.6 Å². The van der Waals surface area contributed by atoms with Gasteiger partial charge in [0.15, 0.2) is 5.57 Å². The zero-order chi connectivity index (χ0) is 21.5. The fourth-order valence-corrected chi connectivity index (χ4v) is 3.36. The Morgan fingerprint density at radius 2 is 1.80 bits per heavy atom. The largest absolute Gasteiger partial charge is 0.462 e. The first-order valence-corrected chi connectivity index (χ1v) is 10.1. The molecule has 3 rings (SSSR count). The Hall–Kier alpha value is -2.91. The summed E-state index contributed by atoms with van der Waals surface area (Å²) in [5.74, 6) is -1.81. The van der Waals surface area contributed by atoms with Crippen LogP contribution in [0.2, 0.25) is 0 Å². The molecule has 9 heteroatoms. The van der Waals surface area contributed by atoms with Crippen molar-refractivity contribution in [2.24, 2.45) is 0 Å². The van der Waals surface area contributed by atoms with Gasteiger partial charge in [0.05, 0.1) is 37.8 Å². The Balaban J connectivity index is 1.87. The Kier molecular flexibility index (Phi) is 7.42. The van der Waals surface area contributed by atoms with E-state index in [4.69, 9.17) is 14.2 Å². The number of anilines is 2. The second-order valence-electron chi connectivity index (χ2n) is 6.90. The maximum atomic E-state index is 12.3. The summed E-state index contributed by atoms with van der Waals surface area (Å²) in [6, 6.07) is 5.76. The number of carbonyl (C=O) groups excluding carboxylic acids is 3. The normalized spacial score (nSPS) is 16.3. The molecule has 162 valence electrons. The Bertz CT molecular complexity index is 812. The Morgan fingerprint density at radius 1 is 1.13 bits per heavy atom. The molecule has 1 N–H and O–H groups in total. The minimum absolute atomic E-state index is 0.0296. The Labute approximate surface area is 175 Å². The molecule has 0 bridgehead atoms. The van der Waals surface area contributed by atoms with Crippen molar-refractivity contribution in [2.75, 3.05) is 56.3 Å². The van der Waals surface area contributed by atoms with Gasteiger partial charge in [-0.2, -0.15) is 0 Å². The number of morpholine rings is 1. The van der Waals surface area contributed by atoms with Crippen molar-refractivity contribution in [3.05, 3.63) is 35.5 Å². The molecule has 1 aromatic rings. The van der Waals surface area contributed by atoms with Crippen molar-refractivity contribution >= 4 is 29.2 Å². The first kappa shape index (κ1) is 21.8. The van der Waals surface area contributed by atoms with Crippen LogP contribution in [0, 0.1) is 0 Å². The number of hydrogen-bond donors (Lipinski definition) is 1. The number of carbonyl (C=O) groups is 3. The lowest BCUT2D eigenvalue weighted by atomic mass is 10.1. The van der Waals surface area contributed by atoms with Gasteiger partial charge >= 0.3 is 11.9 Å². The van der Waals surface area contributed by atoms with Crippen LogP contribution in [0.25, 0.3) is 0 Å². The predicted molar refractivity (Wildman–Crippen MR) is 110 cm³/mol. The van der Waals surface area contributed by atoms with Crippen molar-refractivity contribution < 1.29 is 28.6 Å². The SMILES string of the molecule is CCOC(=O)C(=CN1CC(=O)Nc2cc(CN3CCOCC3)ccc21)C(=O)OCC. The van der Waals surface area contributed by atoms with E-state index >= 15 is 0 Å². The molecule has 0 atom stereocenters. The van der Waals surface area contributed by atoms with Gasteiger partial charge in [-0.15, -0.1) is 0 Å². The highest BCUT2D eigenvalue weighted by Gasteiger charge is 2.27. The molecule has 1 aromatic carbocycles. The topological polar surface area (TPSA) is 97.4 Å². The van der Waals surface area contributed by atoms with Crippen molar-refractivity contribution in [2.45, 2.75) is 20.4 Å². The van der Waals surface area contributed by atoms with Crippen LogP contribution in [0.1, 0.15) is 19.4 Å². The highest BCUT2D eigenvalue weighted by molar-refractivity contribution is 6.14. The number of esters is 2. The Morgan fingerprint density at radius 3 is 2.43 bits per heavy atom. The molecular weight excluding hydrogens is 390 g/mol. The van der Waals surface area contributed by atoms with Gasteiger partial charge in [0.1, 0.15) is 6.54 Å². The van der Waals surface area contributed by atoms with Gasteiger partial charge in [0.25, 0.3) is 0 Å². The van der Waals surface area contributed by atoms with E-state index in [0.717, 1.165) is 25.2 Å². The number of hydrogen-bond acceptors (Lipinski definition) is 8. The smallest absolute Gasteiger partial charge is 0.347 e. The summed E-state index contributed by atoms with van der Waals surface area (Å²) in [7, 11) is 0. The van der Waals surface area contributed by atoms with E-state index in [1.54, 1.807) is 18.7 Å². The molecule has 2 aliphatic rings. The molecule has 1 amide bonds. The van der Waals surface area contributed by atoms with Crippen LogP contribution in [0.5, 0.6) is 0 Å². The number of amides is 1. The van der Waals surface area contributed by atoms with Gasteiger partial charge in [0.2, 0.25) is 5.91 Å². The zero-order valence-electron chi connectivity index (χ0n) is 17.3. The molecular formula is C21H27N3O6. The zero-order valence-corrected chi connectivity index (χ0v) is 17.3. The van der Waals surface area contributed by atoms with Crippen LogP contribution in [0.15, 0.2) is 30.0 Å². The molecule has 9 nitrogen and oxygen atoms in total. The van der Waals surface area contributed by atoms with E-state index in [1.807, 2.05) is 18.2 Å². The summed E-state index contributed by atoms with van der Waals surface area (Å²) in [6.07, 6.45) is 1.33. The second-order valence-corrected chi connectivity index (χ2v) is 6.90. The van der Waals surface area contributed by atoms with Gasteiger partial charge in [-0.25, -0.2) is 9.59 Å². The molecule has 1 fully saturated rings. The highest BCUT2D eigenvalue weighted by Crippen LogP contribution is 2.31. The first-order chi connectivity index (χ1) is 14.5. The maximum absolute atomic E-state index is 12.3. The van der Waals surface area contributed by atoms with Crippen molar-refractivity contribution in [3.63, 3.8) is 0 Å². The van der Waals surface area contributed by atoms with Crippen LogP contribution in [-0.4, -0.2) is 68.8 Å². The third-order valence-corrected chi connectivity index (χ3v) is 4.74. The molecule has 0 aliphatic carbocycles.